The van der Waals surface area contributed by atoms with E-state index >= 15 is 0 Å². The van der Waals surface area contributed by atoms with Gasteiger partial charge < -0.3 is 14.6 Å². The molecule has 0 bridgehead atoms. The highest BCUT2D eigenvalue weighted by atomic mass is 16.3. The number of amides is 1. The van der Waals surface area contributed by atoms with Crippen LogP contribution in [-0.4, -0.2) is 35.9 Å². The Kier molecular flexibility index (Phi) is 5.49. The highest BCUT2D eigenvalue weighted by Crippen LogP contribution is 2.22. The van der Waals surface area contributed by atoms with Gasteiger partial charge in [-0.3, -0.25) is 4.79 Å². The molecular formula is C22H24N4O2. The van der Waals surface area contributed by atoms with Crippen molar-refractivity contribution in [3.8, 4) is 11.4 Å². The summed E-state index contributed by atoms with van der Waals surface area (Å²) in [7, 11) is 4.03. The smallest absolute Gasteiger partial charge is 0.271 e. The van der Waals surface area contributed by atoms with Crippen molar-refractivity contribution in [1.29, 1.82) is 0 Å². The van der Waals surface area contributed by atoms with Crippen molar-refractivity contribution in [3.63, 3.8) is 0 Å². The number of phenols is 1. The van der Waals surface area contributed by atoms with Gasteiger partial charge >= 0.3 is 0 Å². The van der Waals surface area contributed by atoms with Gasteiger partial charge in [0.25, 0.3) is 5.91 Å². The lowest BCUT2D eigenvalue weighted by Gasteiger charge is -2.14. The van der Waals surface area contributed by atoms with Crippen LogP contribution >= 0.6 is 0 Å². The SMILES string of the molecule is Cc1cc(/C=N/NC(=O)c2ccc(O)cc2)c(C)n1-c1ccc(N(C)C)cc1. The molecular weight excluding hydrogens is 352 g/mol. The van der Waals surface area contributed by atoms with Crippen molar-refractivity contribution in [3.05, 3.63) is 77.1 Å². The monoisotopic (exact) mass is 376 g/mol. The van der Waals surface area contributed by atoms with E-state index in [2.05, 4.69) is 44.3 Å². The van der Waals surface area contributed by atoms with Gasteiger partial charge in [-0.15, -0.1) is 0 Å². The number of hydrogen-bond donors (Lipinski definition) is 2. The standard InChI is InChI=1S/C22H24N4O2/c1-15-13-18(14-23-24-22(28)17-5-11-21(27)12-6-17)16(2)26(15)20-9-7-19(8-10-20)25(3)4/h5-14,27H,1-4H3,(H,24,28)/b23-14+. The third-order valence-electron chi connectivity index (χ3n) is 4.59. The number of benzene rings is 2. The van der Waals surface area contributed by atoms with Crippen LogP contribution < -0.4 is 10.3 Å². The van der Waals surface area contributed by atoms with E-state index in [0.29, 0.717) is 5.56 Å². The predicted molar refractivity (Wildman–Crippen MR) is 113 cm³/mol. The molecule has 1 aromatic heterocycles. The second-order valence-electron chi connectivity index (χ2n) is 6.82. The van der Waals surface area contributed by atoms with Crippen LogP contribution in [0.4, 0.5) is 5.69 Å². The van der Waals surface area contributed by atoms with E-state index in [0.717, 1.165) is 28.3 Å². The molecule has 0 saturated carbocycles. The molecule has 3 rings (SSSR count). The van der Waals surface area contributed by atoms with E-state index in [9.17, 15) is 9.90 Å². The molecule has 0 spiro atoms. The van der Waals surface area contributed by atoms with Crippen LogP contribution in [-0.2, 0) is 0 Å². The van der Waals surface area contributed by atoms with Crippen LogP contribution in [0.15, 0.2) is 59.7 Å². The number of phenolic OH excluding ortho intramolecular Hbond substituents is 1. The zero-order valence-corrected chi connectivity index (χ0v) is 16.5. The fourth-order valence-electron chi connectivity index (χ4n) is 3.05. The normalized spacial score (nSPS) is 11.0. The number of hydrazone groups is 1. The van der Waals surface area contributed by atoms with Crippen LogP contribution in [0.2, 0.25) is 0 Å². The van der Waals surface area contributed by atoms with Crippen LogP contribution in [0.5, 0.6) is 5.75 Å². The highest BCUT2D eigenvalue weighted by Gasteiger charge is 2.10. The zero-order valence-electron chi connectivity index (χ0n) is 16.5. The quantitative estimate of drug-likeness (QED) is 0.528. The predicted octanol–water partition coefficient (Wildman–Crippen LogP) is 3.63. The third kappa shape index (κ3) is 4.06. The first-order valence-electron chi connectivity index (χ1n) is 8.96. The summed E-state index contributed by atoms with van der Waals surface area (Å²) in [5, 5.41) is 13.4. The number of nitrogens with zero attached hydrogens (tertiary/aromatic N) is 3. The molecule has 0 aliphatic rings. The van der Waals surface area contributed by atoms with Crippen LogP contribution in [0.3, 0.4) is 0 Å². The third-order valence-corrected chi connectivity index (χ3v) is 4.59. The largest absolute Gasteiger partial charge is 0.508 e. The summed E-state index contributed by atoms with van der Waals surface area (Å²) in [4.78, 5) is 14.2. The molecule has 3 aromatic rings. The number of carbonyl (C=O) groups is 1. The van der Waals surface area contributed by atoms with E-state index in [4.69, 9.17) is 0 Å². The lowest BCUT2D eigenvalue weighted by Crippen LogP contribution is -2.17. The van der Waals surface area contributed by atoms with E-state index in [1.54, 1.807) is 18.3 Å². The number of nitrogens with one attached hydrogen (secondary N) is 1. The van der Waals surface area contributed by atoms with Gasteiger partial charge in [0.05, 0.1) is 6.21 Å². The Morgan fingerprint density at radius 2 is 1.71 bits per heavy atom. The van der Waals surface area contributed by atoms with Gasteiger partial charge in [-0.2, -0.15) is 5.10 Å². The number of anilines is 1. The van der Waals surface area contributed by atoms with E-state index < -0.39 is 0 Å². The molecule has 6 nitrogen and oxygen atoms in total. The zero-order chi connectivity index (χ0) is 20.3. The summed E-state index contributed by atoms with van der Waals surface area (Å²) >= 11 is 0. The Morgan fingerprint density at radius 3 is 2.32 bits per heavy atom. The van der Waals surface area contributed by atoms with Crippen molar-refractivity contribution in [2.45, 2.75) is 13.8 Å². The first-order valence-corrected chi connectivity index (χ1v) is 8.96. The number of rotatable bonds is 5. The van der Waals surface area contributed by atoms with E-state index in [1.807, 2.05) is 34.0 Å². The summed E-state index contributed by atoms with van der Waals surface area (Å²) in [6.45, 7) is 4.06. The Morgan fingerprint density at radius 1 is 1.07 bits per heavy atom. The Labute approximate surface area is 164 Å². The summed E-state index contributed by atoms with van der Waals surface area (Å²) in [5.41, 5.74) is 8.22. The molecule has 0 unspecified atom stereocenters. The average Bonchev–Trinajstić information content (AvgIpc) is 2.95. The first-order chi connectivity index (χ1) is 13.4. The second kappa shape index (κ2) is 8.00. The molecule has 144 valence electrons. The molecule has 1 amide bonds. The minimum Gasteiger partial charge on any atom is -0.508 e. The molecule has 6 heteroatoms. The molecule has 0 aliphatic carbocycles. The number of aryl methyl sites for hydroxylation is 1. The number of aromatic nitrogens is 1. The van der Waals surface area contributed by atoms with Crippen LogP contribution in [0.1, 0.15) is 27.3 Å². The van der Waals surface area contributed by atoms with E-state index in [1.165, 1.54) is 12.1 Å². The molecule has 2 N–H and O–H groups in total. The summed E-state index contributed by atoms with van der Waals surface area (Å²) in [6, 6.07) is 16.4. The Hall–Kier alpha value is -3.54. The van der Waals surface area contributed by atoms with Crippen molar-refractivity contribution in [2.24, 2.45) is 5.10 Å². The molecule has 0 aliphatic heterocycles. The number of aromatic hydroxyl groups is 1. The molecule has 2 aromatic carbocycles. The van der Waals surface area contributed by atoms with Crippen molar-refractivity contribution in [2.75, 3.05) is 19.0 Å². The van der Waals surface area contributed by atoms with Gasteiger partial charge in [0.2, 0.25) is 0 Å². The maximum Gasteiger partial charge on any atom is 0.271 e. The van der Waals surface area contributed by atoms with Crippen LogP contribution in [0.25, 0.3) is 5.69 Å². The molecule has 0 radical (unpaired) electrons. The fraction of sp³-hybridized carbons (Fsp3) is 0.182. The van der Waals surface area contributed by atoms with Gasteiger partial charge in [-0.1, -0.05) is 0 Å². The van der Waals surface area contributed by atoms with Gasteiger partial charge in [0, 0.05) is 48.0 Å². The maximum absolute atomic E-state index is 12.1. The van der Waals surface area contributed by atoms with Gasteiger partial charge in [-0.25, -0.2) is 5.43 Å². The minimum atomic E-state index is -0.329. The summed E-state index contributed by atoms with van der Waals surface area (Å²) < 4.78 is 2.16. The lowest BCUT2D eigenvalue weighted by atomic mass is 10.2. The van der Waals surface area contributed by atoms with Crippen molar-refractivity contribution in [1.82, 2.24) is 9.99 Å². The van der Waals surface area contributed by atoms with Gasteiger partial charge in [0.15, 0.2) is 0 Å². The van der Waals surface area contributed by atoms with Crippen LogP contribution in [0, 0.1) is 13.8 Å². The minimum absolute atomic E-state index is 0.117. The van der Waals surface area contributed by atoms with Crippen molar-refractivity contribution >= 4 is 17.8 Å². The Balaban J connectivity index is 1.76. The first kappa shape index (κ1) is 19.2. The molecule has 0 saturated heterocycles. The maximum atomic E-state index is 12.1. The molecule has 28 heavy (non-hydrogen) atoms. The molecule has 0 atom stereocenters. The van der Waals surface area contributed by atoms with Gasteiger partial charge in [-0.05, 0) is 68.4 Å². The number of carbonyl (C=O) groups excluding carboxylic acids is 1. The van der Waals surface area contributed by atoms with Gasteiger partial charge in [0.1, 0.15) is 5.75 Å². The highest BCUT2D eigenvalue weighted by molar-refractivity contribution is 5.95. The Bertz CT molecular complexity index is 1000. The lowest BCUT2D eigenvalue weighted by molar-refractivity contribution is 0.0955. The summed E-state index contributed by atoms with van der Waals surface area (Å²) in [5.74, 6) is -0.213. The topological polar surface area (TPSA) is 69.9 Å². The molecule has 1 heterocycles. The van der Waals surface area contributed by atoms with Crippen molar-refractivity contribution < 1.29 is 9.90 Å². The fourth-order valence-corrected chi connectivity index (χ4v) is 3.05. The second-order valence-corrected chi connectivity index (χ2v) is 6.82. The molecule has 0 fully saturated rings. The van der Waals surface area contributed by atoms with E-state index in [-0.39, 0.29) is 11.7 Å². The number of hydrogen-bond acceptors (Lipinski definition) is 4. The summed E-state index contributed by atoms with van der Waals surface area (Å²) in [6.07, 6.45) is 1.64. The average molecular weight is 376 g/mol.